The topological polar surface area (TPSA) is 170 Å². The fraction of sp³-hybridized carbons (Fsp3) is 0.290. The lowest BCUT2D eigenvalue weighted by Crippen LogP contribution is -2.45. The first-order valence-corrected chi connectivity index (χ1v) is 13.7. The van der Waals surface area contributed by atoms with Crippen molar-refractivity contribution in [3.63, 3.8) is 0 Å². The molecular formula is C31H34N4O9. The zero-order chi connectivity index (χ0) is 31.8. The van der Waals surface area contributed by atoms with Crippen molar-refractivity contribution in [3.8, 4) is 22.8 Å². The summed E-state index contributed by atoms with van der Waals surface area (Å²) in [4.78, 5) is 36.5. The van der Waals surface area contributed by atoms with Gasteiger partial charge in [0.25, 0.3) is 0 Å². The number of hydrazone groups is 1. The number of allylic oxidation sites excluding steroid dienone is 1. The monoisotopic (exact) mass is 606 g/mol. The maximum absolute atomic E-state index is 12.4. The Bertz CT molecular complexity index is 1590. The number of methoxy groups -OCH3 is 2. The predicted molar refractivity (Wildman–Crippen MR) is 159 cm³/mol. The number of nitrogens with one attached hydrogen (secondary N) is 3. The number of benzene rings is 2. The quantitative estimate of drug-likeness (QED) is 0.103. The van der Waals surface area contributed by atoms with E-state index in [1.165, 1.54) is 20.4 Å². The molecule has 44 heavy (non-hydrogen) atoms. The number of aryl methyl sites for hydroxylation is 1. The minimum absolute atomic E-state index is 0.184. The van der Waals surface area contributed by atoms with E-state index in [0.29, 0.717) is 46.5 Å². The van der Waals surface area contributed by atoms with E-state index in [1.807, 2.05) is 13.0 Å². The summed E-state index contributed by atoms with van der Waals surface area (Å²) in [5.41, 5.74) is 5.84. The third-order valence-electron chi connectivity index (χ3n) is 6.64. The summed E-state index contributed by atoms with van der Waals surface area (Å²) in [6.07, 6.45) is 0.211. The SMILES string of the molecule is CCOc1cc([C@H]2NC(=O)NC(C)=C2C(=O)OC)ccc1OC[C@H](O)N/N=C\c1ccc(-c2cc(C(=O)OC)ccc2C)o1. The Hall–Kier alpha value is -5.30. The smallest absolute Gasteiger partial charge is 0.337 e. The van der Waals surface area contributed by atoms with E-state index in [1.54, 1.807) is 56.3 Å². The number of urea groups is 1. The summed E-state index contributed by atoms with van der Waals surface area (Å²) in [6.45, 7) is 5.45. The van der Waals surface area contributed by atoms with Gasteiger partial charge in [-0.25, -0.2) is 14.4 Å². The van der Waals surface area contributed by atoms with Crippen LogP contribution in [0, 0.1) is 6.92 Å². The molecular weight excluding hydrogens is 572 g/mol. The molecule has 0 saturated heterocycles. The summed E-state index contributed by atoms with van der Waals surface area (Å²) in [5.74, 6) is 0.615. The van der Waals surface area contributed by atoms with Crippen LogP contribution in [0.15, 0.2) is 69.3 Å². The van der Waals surface area contributed by atoms with Crippen LogP contribution in [-0.4, -0.2) is 63.0 Å². The third kappa shape index (κ3) is 7.36. The molecule has 0 bridgehead atoms. The van der Waals surface area contributed by atoms with Crippen molar-refractivity contribution < 1.29 is 42.9 Å². The van der Waals surface area contributed by atoms with Gasteiger partial charge >= 0.3 is 18.0 Å². The molecule has 1 aliphatic rings. The first kappa shape index (κ1) is 31.6. The molecule has 1 aliphatic heterocycles. The molecule has 232 valence electrons. The highest BCUT2D eigenvalue weighted by molar-refractivity contribution is 5.95. The van der Waals surface area contributed by atoms with Crippen molar-refractivity contribution in [1.29, 1.82) is 0 Å². The van der Waals surface area contributed by atoms with Crippen LogP contribution >= 0.6 is 0 Å². The number of aliphatic hydroxyl groups is 1. The van der Waals surface area contributed by atoms with E-state index in [9.17, 15) is 19.5 Å². The van der Waals surface area contributed by atoms with Crippen LogP contribution in [-0.2, 0) is 14.3 Å². The maximum atomic E-state index is 12.4. The lowest BCUT2D eigenvalue weighted by Gasteiger charge is -2.28. The highest BCUT2D eigenvalue weighted by Crippen LogP contribution is 2.35. The average Bonchev–Trinajstić information content (AvgIpc) is 3.48. The predicted octanol–water partition coefficient (Wildman–Crippen LogP) is 3.56. The van der Waals surface area contributed by atoms with E-state index in [2.05, 4.69) is 21.2 Å². The summed E-state index contributed by atoms with van der Waals surface area (Å²) in [5, 5.41) is 19.7. The Morgan fingerprint density at radius 2 is 1.82 bits per heavy atom. The van der Waals surface area contributed by atoms with E-state index in [4.69, 9.17) is 23.4 Å². The fourth-order valence-corrected chi connectivity index (χ4v) is 4.51. The molecule has 2 aromatic carbocycles. The molecule has 1 aromatic heterocycles. The molecule has 0 fully saturated rings. The number of hydrogen-bond acceptors (Lipinski definition) is 11. The van der Waals surface area contributed by atoms with Gasteiger partial charge in [0.2, 0.25) is 0 Å². The van der Waals surface area contributed by atoms with Crippen LogP contribution in [0.2, 0.25) is 0 Å². The highest BCUT2D eigenvalue weighted by atomic mass is 16.5. The first-order chi connectivity index (χ1) is 21.1. The van der Waals surface area contributed by atoms with Crippen LogP contribution in [0.25, 0.3) is 11.3 Å². The Morgan fingerprint density at radius 1 is 1.05 bits per heavy atom. The van der Waals surface area contributed by atoms with Gasteiger partial charge in [-0.1, -0.05) is 12.1 Å². The van der Waals surface area contributed by atoms with E-state index in [-0.39, 0.29) is 12.2 Å². The number of amides is 2. The normalized spacial score (nSPS) is 15.3. The van der Waals surface area contributed by atoms with Crippen molar-refractivity contribution >= 4 is 24.2 Å². The zero-order valence-corrected chi connectivity index (χ0v) is 24.9. The molecule has 4 rings (SSSR count). The molecule has 3 aromatic rings. The van der Waals surface area contributed by atoms with Gasteiger partial charge in [0.15, 0.2) is 17.7 Å². The third-order valence-corrected chi connectivity index (χ3v) is 6.64. The van der Waals surface area contributed by atoms with Crippen molar-refractivity contribution in [2.24, 2.45) is 5.10 Å². The molecule has 2 amide bonds. The van der Waals surface area contributed by atoms with Crippen molar-refractivity contribution in [3.05, 3.63) is 82.3 Å². The second kappa shape index (κ2) is 14.2. The number of ether oxygens (including phenoxy) is 4. The van der Waals surface area contributed by atoms with Crippen LogP contribution < -0.4 is 25.5 Å². The van der Waals surface area contributed by atoms with Crippen LogP contribution in [0.5, 0.6) is 11.5 Å². The lowest BCUT2D eigenvalue weighted by atomic mass is 9.95. The van der Waals surface area contributed by atoms with Gasteiger partial charge in [-0.05, 0) is 68.3 Å². The van der Waals surface area contributed by atoms with Crippen LogP contribution in [0.1, 0.15) is 47.1 Å². The van der Waals surface area contributed by atoms with Crippen molar-refractivity contribution in [2.45, 2.75) is 33.0 Å². The lowest BCUT2D eigenvalue weighted by molar-refractivity contribution is -0.136. The fourth-order valence-electron chi connectivity index (χ4n) is 4.51. The number of nitrogens with zero attached hydrogens (tertiary/aromatic N) is 1. The van der Waals surface area contributed by atoms with Gasteiger partial charge in [-0.3, -0.25) is 5.43 Å². The molecule has 13 heteroatoms. The number of esters is 2. The largest absolute Gasteiger partial charge is 0.490 e. The second-order valence-corrected chi connectivity index (χ2v) is 9.64. The van der Waals surface area contributed by atoms with Gasteiger partial charge < -0.3 is 39.1 Å². The van der Waals surface area contributed by atoms with Crippen LogP contribution in [0.3, 0.4) is 0 Å². The van der Waals surface area contributed by atoms with Gasteiger partial charge in [0, 0.05) is 11.3 Å². The summed E-state index contributed by atoms with van der Waals surface area (Å²) < 4.78 is 27.0. The Balaban J connectivity index is 1.40. The maximum Gasteiger partial charge on any atom is 0.337 e. The van der Waals surface area contributed by atoms with Gasteiger partial charge in [-0.15, -0.1) is 0 Å². The molecule has 0 saturated carbocycles. The molecule has 0 spiro atoms. The van der Waals surface area contributed by atoms with E-state index >= 15 is 0 Å². The molecule has 0 aliphatic carbocycles. The number of aliphatic hydroxyl groups excluding tert-OH is 1. The molecule has 4 N–H and O–H groups in total. The molecule has 13 nitrogen and oxygen atoms in total. The van der Waals surface area contributed by atoms with Gasteiger partial charge in [0.1, 0.15) is 18.1 Å². The highest BCUT2D eigenvalue weighted by Gasteiger charge is 2.32. The number of carbonyl (C=O) groups is 3. The second-order valence-electron chi connectivity index (χ2n) is 9.64. The van der Waals surface area contributed by atoms with E-state index < -0.39 is 30.2 Å². The van der Waals surface area contributed by atoms with Crippen molar-refractivity contribution in [1.82, 2.24) is 16.1 Å². The molecule has 2 heterocycles. The van der Waals surface area contributed by atoms with E-state index in [0.717, 1.165) is 11.1 Å². The first-order valence-electron chi connectivity index (χ1n) is 13.7. The summed E-state index contributed by atoms with van der Waals surface area (Å²) >= 11 is 0. The van der Waals surface area contributed by atoms with Crippen molar-refractivity contribution in [2.75, 3.05) is 27.4 Å². The average molecular weight is 607 g/mol. The molecule has 2 atom stereocenters. The Morgan fingerprint density at radius 3 is 2.55 bits per heavy atom. The Labute approximate surface area is 253 Å². The summed E-state index contributed by atoms with van der Waals surface area (Å²) in [7, 11) is 2.59. The number of furan rings is 1. The minimum Gasteiger partial charge on any atom is -0.490 e. The van der Waals surface area contributed by atoms with Gasteiger partial charge in [0.05, 0.1) is 44.2 Å². The minimum atomic E-state index is -1.19. The Kier molecular flexibility index (Phi) is 10.2. The standard InChI is InChI=1S/C31H34N4O9/c1-6-42-25-14-19(28-27(30(38)41-5)18(3)33-31(39)34-28)9-11-24(25)43-16-26(36)35-32-15-21-10-12-23(44-21)22-13-20(29(37)40-4)8-7-17(22)2/h7-15,26,28,35-36H,6,16H2,1-5H3,(H2,33,34,39)/b32-15-/t26-,28+/m0/s1. The number of rotatable bonds is 12. The molecule has 0 unspecified atom stereocenters. The number of hydrogen-bond donors (Lipinski definition) is 4. The summed E-state index contributed by atoms with van der Waals surface area (Å²) in [6, 6.07) is 12.4. The van der Waals surface area contributed by atoms with Crippen LogP contribution in [0.4, 0.5) is 4.79 Å². The molecule has 0 radical (unpaired) electrons. The van der Waals surface area contributed by atoms with Gasteiger partial charge in [-0.2, -0.15) is 5.10 Å². The zero-order valence-electron chi connectivity index (χ0n) is 24.9. The number of carbonyl (C=O) groups excluding carboxylic acids is 3.